The van der Waals surface area contributed by atoms with Crippen LogP contribution in [0.5, 0.6) is 0 Å². The maximum atomic E-state index is 14.0. The van der Waals surface area contributed by atoms with Gasteiger partial charge in [0.05, 0.1) is 12.6 Å². The molecule has 0 rings (SSSR count). The zero-order valence-electron chi connectivity index (χ0n) is 64.8. The highest BCUT2D eigenvalue weighted by Crippen LogP contribution is 2.11. The van der Waals surface area contributed by atoms with Crippen LogP contribution in [-0.4, -0.2) is 269 Å². The standard InChI is InChI=1S/C62H115N27O17S.C2H4O2/c1-28(2)26-42(56(103)81-36(10)49(96)85-38(17-13-22-73-60(66)67)54(101)86-39(18-14-23-74-61(68)69)55(102)87-41(58(105)106)19-15-24-75-62(70)71)88-50(97)33(7)77-45(92)30(4)76-47(94)32(6)82-57(104)43(27-90)89-51(98)34(8)78-46(93)31(5)79-52(99)37(16-12-21-72-59(64)65)84-48(95)35(9)80-53(100)40(20-25-107-11)83-44(91)29(3)63;1-2(3)4/h28-43,90H,12-27,63H2,1-11H3,(H,76,94)(H,77,92)(H,78,93)(H,79,99)(H,80,100)(H,81,103)(H,82,104)(H,83,91)(H,84,95)(H,85,96)(H,86,101)(H,87,102)(H,88,97)(H,89,98)(H,105,106)(H4,64,65,72)(H4,66,67,73)(H4,68,69,74)(H4,70,71,75);1H3,(H,3,4)/t29-,30-,31-,32-,33-,34-,35-,36-,37-,38-,39-,40-,41-,42-,43-;/m0./s1. The molecule has 111 heavy (non-hydrogen) atoms. The lowest BCUT2D eigenvalue weighted by molar-refractivity contribution is -0.142. The SMILES string of the molecule is CC(=O)O.CSCC[C@H](NC(=O)[C@H](C)N)C(=O)N[C@@H](C)C(=O)N[C@@H](CCCN=C(N)N)C(=O)N[C@@H](C)C(=O)N[C@@H](C)C(=O)N[C@@H](CO)C(=O)N[C@@H](C)C(=O)N[C@@H](C)C(=O)N[C@@H](C)C(=O)N[C@@H](CC(C)C)C(=O)N[C@@H](C)C(=O)N[C@@H](CCCN=C(N)N)C(=O)N[C@@H](CCCN=C(N)N)C(=O)N[C@@H](CCCN=C(N)N)C(=O)O. The maximum absolute atomic E-state index is 14.0. The first-order chi connectivity index (χ1) is 51.7. The Bertz CT molecular complexity index is 3230. The Morgan fingerprint density at radius 3 is 0.784 bits per heavy atom. The van der Waals surface area contributed by atoms with Gasteiger partial charge in [0.2, 0.25) is 82.7 Å². The van der Waals surface area contributed by atoms with Crippen LogP contribution in [0.2, 0.25) is 0 Å². The van der Waals surface area contributed by atoms with E-state index >= 15 is 0 Å². The largest absolute Gasteiger partial charge is 0.481 e. The van der Waals surface area contributed by atoms with Crippen molar-refractivity contribution in [3.05, 3.63) is 0 Å². The third kappa shape index (κ3) is 45.5. The first-order valence-electron chi connectivity index (χ1n) is 35.4. The number of nitrogens with zero attached hydrogens (tertiary/aromatic N) is 4. The molecule has 14 amide bonds. The summed E-state index contributed by atoms with van der Waals surface area (Å²) in [4.78, 5) is 225. The van der Waals surface area contributed by atoms with Gasteiger partial charge in [0.1, 0.15) is 84.6 Å². The average molecular weight is 1600 g/mol. The van der Waals surface area contributed by atoms with Crippen molar-refractivity contribution >= 4 is 130 Å². The van der Waals surface area contributed by atoms with Crippen LogP contribution in [0.1, 0.15) is 140 Å². The van der Waals surface area contributed by atoms with E-state index < -0.39 is 192 Å². The van der Waals surface area contributed by atoms with Crippen molar-refractivity contribution in [3.8, 4) is 0 Å². The Morgan fingerprint density at radius 2 is 0.523 bits per heavy atom. The van der Waals surface area contributed by atoms with E-state index in [0.29, 0.717) is 5.75 Å². The second-order valence-corrected chi connectivity index (χ2v) is 27.1. The Kier molecular flexibility index (Phi) is 50.0. The fraction of sp³-hybridized carbons (Fsp3) is 0.688. The smallest absolute Gasteiger partial charge is 0.326 e. The molecule has 0 aliphatic heterocycles. The summed E-state index contributed by atoms with van der Waals surface area (Å²) in [7, 11) is 0. The fourth-order valence-corrected chi connectivity index (χ4v) is 9.72. The Balaban J connectivity index is 0. The third-order valence-corrected chi connectivity index (χ3v) is 16.0. The van der Waals surface area contributed by atoms with Crippen molar-refractivity contribution in [2.24, 2.45) is 77.5 Å². The number of aliphatic carboxylic acids is 2. The summed E-state index contributed by atoms with van der Waals surface area (Å²) in [5.41, 5.74) is 49.1. The van der Waals surface area contributed by atoms with Crippen molar-refractivity contribution in [2.75, 3.05) is 44.8 Å². The van der Waals surface area contributed by atoms with Crippen molar-refractivity contribution in [1.29, 1.82) is 0 Å². The van der Waals surface area contributed by atoms with Gasteiger partial charge >= 0.3 is 5.97 Å². The van der Waals surface area contributed by atoms with Gasteiger partial charge in [-0.05, 0) is 138 Å². The third-order valence-electron chi connectivity index (χ3n) is 15.4. The molecule has 0 radical (unpaired) electrons. The van der Waals surface area contributed by atoms with E-state index in [2.05, 4.69) is 94.4 Å². The Hall–Kier alpha value is -11.1. The molecule has 46 nitrogen and oxygen atoms in total. The van der Waals surface area contributed by atoms with Crippen molar-refractivity contribution in [2.45, 2.75) is 231 Å². The van der Waals surface area contributed by atoms with Gasteiger partial charge in [0, 0.05) is 33.1 Å². The van der Waals surface area contributed by atoms with Crippen LogP contribution in [0.15, 0.2) is 20.0 Å². The molecule has 0 aromatic rings. The minimum atomic E-state index is -1.71. The number of amides is 14. The number of aliphatic imine (C=N–C) groups is 4. The minimum Gasteiger partial charge on any atom is -0.481 e. The molecule has 0 aromatic heterocycles. The first kappa shape index (κ1) is 102. The van der Waals surface area contributed by atoms with Gasteiger partial charge in [-0.25, -0.2) is 4.79 Å². The lowest BCUT2D eigenvalue weighted by Crippen LogP contribution is -2.60. The number of aliphatic hydroxyl groups is 1. The van der Waals surface area contributed by atoms with Crippen LogP contribution in [0.3, 0.4) is 0 Å². The molecule has 47 heteroatoms. The van der Waals surface area contributed by atoms with Crippen LogP contribution < -0.4 is 126 Å². The zero-order chi connectivity index (χ0) is 85.5. The molecule has 0 aliphatic carbocycles. The molecule has 0 aromatic carbocycles. The molecule has 0 bridgehead atoms. The predicted molar refractivity (Wildman–Crippen MR) is 411 cm³/mol. The van der Waals surface area contributed by atoms with E-state index in [-0.39, 0.29) is 120 Å². The van der Waals surface area contributed by atoms with E-state index in [1.54, 1.807) is 20.1 Å². The number of hydrogen-bond donors (Lipinski definition) is 26. The quantitative estimate of drug-likeness (QED) is 0.0153. The zero-order valence-corrected chi connectivity index (χ0v) is 65.6. The number of carbonyl (C=O) groups is 16. The Labute approximate surface area is 647 Å². The normalized spacial score (nSPS) is 14.8. The summed E-state index contributed by atoms with van der Waals surface area (Å²) in [5, 5.41) is 61.7. The molecular formula is C64H119N27O19S. The number of nitrogens with one attached hydrogen (secondary N) is 14. The van der Waals surface area contributed by atoms with Crippen LogP contribution in [0, 0.1) is 5.92 Å². The highest BCUT2D eigenvalue weighted by molar-refractivity contribution is 7.98. The molecule has 0 aliphatic rings. The van der Waals surface area contributed by atoms with Gasteiger partial charge in [-0.1, -0.05) is 13.8 Å². The van der Waals surface area contributed by atoms with E-state index in [1.807, 2.05) is 0 Å². The molecular weight excluding hydrogens is 1480 g/mol. The molecule has 0 unspecified atom stereocenters. The van der Waals surface area contributed by atoms with E-state index in [1.165, 1.54) is 67.2 Å². The number of nitrogens with two attached hydrogens (primary N) is 9. The van der Waals surface area contributed by atoms with Crippen molar-refractivity contribution < 1.29 is 92.0 Å². The average Bonchev–Trinajstić information content (AvgIpc) is 0.866. The number of aliphatic hydroxyl groups excluding tert-OH is 1. The second-order valence-electron chi connectivity index (χ2n) is 26.1. The second kappa shape index (κ2) is 54.5. The summed E-state index contributed by atoms with van der Waals surface area (Å²) in [5.74, 6) is -15.2. The fourth-order valence-electron chi connectivity index (χ4n) is 9.24. The van der Waals surface area contributed by atoms with Gasteiger partial charge in [-0.2, -0.15) is 11.8 Å². The van der Waals surface area contributed by atoms with Crippen molar-refractivity contribution in [1.82, 2.24) is 74.4 Å². The van der Waals surface area contributed by atoms with Crippen LogP contribution in [0.25, 0.3) is 0 Å². The summed E-state index contributed by atoms with van der Waals surface area (Å²) in [6, 6.07) is -20.2. The molecule has 35 N–H and O–H groups in total. The molecule has 15 atom stereocenters. The van der Waals surface area contributed by atoms with Gasteiger partial charge < -0.3 is 141 Å². The van der Waals surface area contributed by atoms with E-state index in [4.69, 9.17) is 61.5 Å². The number of carbonyl (C=O) groups excluding carboxylic acids is 14. The van der Waals surface area contributed by atoms with E-state index in [0.717, 1.165) is 6.92 Å². The molecule has 0 fully saturated rings. The van der Waals surface area contributed by atoms with Crippen LogP contribution >= 0.6 is 11.8 Å². The molecule has 0 saturated carbocycles. The van der Waals surface area contributed by atoms with Crippen LogP contribution in [-0.2, 0) is 76.7 Å². The highest BCUT2D eigenvalue weighted by atomic mass is 32.2. The first-order valence-corrected chi connectivity index (χ1v) is 36.8. The molecule has 0 saturated heterocycles. The monoisotopic (exact) mass is 1600 g/mol. The minimum absolute atomic E-state index is 0.00311. The predicted octanol–water partition coefficient (Wildman–Crippen LogP) is -10.6. The molecule has 0 spiro atoms. The highest BCUT2D eigenvalue weighted by Gasteiger charge is 2.35. The molecule has 0 heterocycles. The number of carboxylic acid groups (broad SMARTS) is 2. The number of hydrogen-bond acceptors (Lipinski definition) is 23. The molecule has 630 valence electrons. The topological polar surface area (TPSA) is 786 Å². The number of carboxylic acids is 2. The lowest BCUT2D eigenvalue weighted by Gasteiger charge is -2.27. The number of guanidine groups is 4. The Morgan fingerprint density at radius 1 is 0.315 bits per heavy atom. The van der Waals surface area contributed by atoms with Gasteiger partial charge in [0.25, 0.3) is 5.97 Å². The summed E-state index contributed by atoms with van der Waals surface area (Å²) < 4.78 is 0. The summed E-state index contributed by atoms with van der Waals surface area (Å²) >= 11 is 1.42. The van der Waals surface area contributed by atoms with Gasteiger partial charge in [-0.15, -0.1) is 0 Å². The summed E-state index contributed by atoms with van der Waals surface area (Å²) in [6.07, 6.45) is 2.13. The summed E-state index contributed by atoms with van der Waals surface area (Å²) in [6.45, 7) is 13.9. The van der Waals surface area contributed by atoms with Gasteiger partial charge in [-0.3, -0.25) is 91.9 Å². The van der Waals surface area contributed by atoms with Crippen LogP contribution in [0.4, 0.5) is 0 Å². The van der Waals surface area contributed by atoms with Crippen molar-refractivity contribution in [3.63, 3.8) is 0 Å². The maximum Gasteiger partial charge on any atom is 0.326 e. The number of rotatable bonds is 51. The lowest BCUT2D eigenvalue weighted by atomic mass is 10.0. The van der Waals surface area contributed by atoms with E-state index in [9.17, 15) is 82.1 Å². The van der Waals surface area contributed by atoms with Gasteiger partial charge in [0.15, 0.2) is 23.8 Å². The number of thioether (sulfide) groups is 1.